The fraction of sp³-hybridized carbons (Fsp3) is 0.875. The topological polar surface area (TPSA) is 77.8 Å². The molecule has 0 aromatic heterocycles. The van der Waals surface area contributed by atoms with E-state index in [1.807, 2.05) is 18.7 Å². The van der Waals surface area contributed by atoms with E-state index in [9.17, 15) is 14.7 Å². The van der Waals surface area contributed by atoms with Gasteiger partial charge in [0, 0.05) is 0 Å². The second-order valence-corrected chi connectivity index (χ2v) is 5.54. The highest BCUT2D eigenvalue weighted by atomic mass is 16.4. The van der Waals surface area contributed by atoms with Crippen LogP contribution in [0, 0.1) is 5.92 Å². The molecule has 0 radical (unpaired) electrons. The van der Waals surface area contributed by atoms with Crippen molar-refractivity contribution < 1.29 is 19.8 Å². The Morgan fingerprint density at radius 3 is 1.81 bits per heavy atom. The lowest BCUT2D eigenvalue weighted by molar-refractivity contribution is -0.144. The number of likely N-dealkylation sites (N-methyl/N-ethyl adjacent to an activating group) is 1. The zero-order valence-corrected chi connectivity index (χ0v) is 13.7. The van der Waals surface area contributed by atoms with Gasteiger partial charge in [0.05, 0.1) is 5.92 Å². The quantitative estimate of drug-likeness (QED) is 0.511. The smallest absolute Gasteiger partial charge is 0.320 e. The van der Waals surface area contributed by atoms with Crippen LogP contribution in [0.4, 0.5) is 0 Å². The molecule has 21 heavy (non-hydrogen) atoms. The lowest BCUT2D eigenvalue weighted by atomic mass is 9.95. The molecular formula is C16H31NO4. The van der Waals surface area contributed by atoms with Gasteiger partial charge in [0.25, 0.3) is 0 Å². The van der Waals surface area contributed by atoms with E-state index in [1.54, 1.807) is 0 Å². The Balaban J connectivity index is 4.19. The number of hydrogen-bond acceptors (Lipinski definition) is 3. The summed E-state index contributed by atoms with van der Waals surface area (Å²) in [6.45, 7) is 7.43. The molecule has 124 valence electrons. The fourth-order valence-corrected chi connectivity index (χ4v) is 2.70. The molecule has 0 aliphatic rings. The van der Waals surface area contributed by atoms with Gasteiger partial charge in [-0.1, -0.05) is 46.5 Å². The Bertz CT molecular complexity index is 303. The van der Waals surface area contributed by atoms with Crippen molar-refractivity contribution in [2.24, 2.45) is 5.92 Å². The number of nitrogens with zero attached hydrogens (tertiary/aromatic N) is 1. The minimum Gasteiger partial charge on any atom is -0.481 e. The van der Waals surface area contributed by atoms with Crippen LogP contribution >= 0.6 is 0 Å². The van der Waals surface area contributed by atoms with Gasteiger partial charge in [0.2, 0.25) is 0 Å². The zero-order chi connectivity index (χ0) is 16.3. The summed E-state index contributed by atoms with van der Waals surface area (Å²) in [6, 6.07) is -0.445. The molecule has 0 bridgehead atoms. The van der Waals surface area contributed by atoms with E-state index < -0.39 is 18.0 Å². The van der Waals surface area contributed by atoms with Crippen LogP contribution < -0.4 is 0 Å². The third-order valence-corrected chi connectivity index (χ3v) is 4.07. The number of carboxylic acids is 2. The van der Waals surface area contributed by atoms with Gasteiger partial charge in [-0.3, -0.25) is 14.5 Å². The van der Waals surface area contributed by atoms with Crippen molar-refractivity contribution in [3.63, 3.8) is 0 Å². The Kier molecular flexibility index (Phi) is 10.9. The third-order valence-electron chi connectivity index (χ3n) is 4.07. The maximum atomic E-state index is 11.3. The molecule has 0 fully saturated rings. The van der Waals surface area contributed by atoms with Gasteiger partial charge in [0.15, 0.2) is 0 Å². The first kappa shape index (κ1) is 19.9. The van der Waals surface area contributed by atoms with E-state index >= 15 is 0 Å². The van der Waals surface area contributed by atoms with Crippen molar-refractivity contribution in [1.82, 2.24) is 4.90 Å². The molecule has 0 aliphatic heterocycles. The molecular weight excluding hydrogens is 270 g/mol. The average Bonchev–Trinajstić information content (AvgIpc) is 2.44. The highest BCUT2D eigenvalue weighted by molar-refractivity contribution is 5.73. The molecule has 0 aliphatic carbocycles. The van der Waals surface area contributed by atoms with Crippen LogP contribution in [-0.2, 0) is 9.59 Å². The number of rotatable bonds is 13. The Labute approximate surface area is 128 Å². The molecule has 0 aromatic carbocycles. The van der Waals surface area contributed by atoms with Gasteiger partial charge in [-0.05, 0) is 32.4 Å². The van der Waals surface area contributed by atoms with E-state index in [1.165, 1.54) is 0 Å². The second-order valence-electron chi connectivity index (χ2n) is 5.54. The summed E-state index contributed by atoms with van der Waals surface area (Å²) < 4.78 is 0. The van der Waals surface area contributed by atoms with E-state index in [-0.39, 0.29) is 5.92 Å². The first-order valence-electron chi connectivity index (χ1n) is 8.17. The molecule has 5 heteroatoms. The predicted molar refractivity (Wildman–Crippen MR) is 83.5 cm³/mol. The van der Waals surface area contributed by atoms with Gasteiger partial charge in [0.1, 0.15) is 6.04 Å². The predicted octanol–water partition coefficient (Wildman–Crippen LogP) is 3.23. The molecule has 2 unspecified atom stereocenters. The van der Waals surface area contributed by atoms with Crippen LogP contribution in [0.15, 0.2) is 0 Å². The van der Waals surface area contributed by atoms with Gasteiger partial charge < -0.3 is 10.2 Å². The molecule has 0 saturated heterocycles. The molecule has 2 atom stereocenters. The van der Waals surface area contributed by atoms with E-state index in [2.05, 4.69) is 6.92 Å². The van der Waals surface area contributed by atoms with Crippen LogP contribution in [0.25, 0.3) is 0 Å². The number of carboxylic acid groups (broad SMARTS) is 2. The van der Waals surface area contributed by atoms with E-state index in [0.29, 0.717) is 12.8 Å². The van der Waals surface area contributed by atoms with Crippen molar-refractivity contribution in [1.29, 1.82) is 0 Å². The number of unbranched alkanes of at least 4 members (excludes halogenated alkanes) is 2. The molecule has 2 N–H and O–H groups in total. The summed E-state index contributed by atoms with van der Waals surface area (Å²) in [4.78, 5) is 24.4. The maximum Gasteiger partial charge on any atom is 0.320 e. The number of aliphatic carboxylic acids is 2. The van der Waals surface area contributed by atoms with Crippen molar-refractivity contribution in [3.05, 3.63) is 0 Å². The van der Waals surface area contributed by atoms with Gasteiger partial charge in [-0.15, -0.1) is 0 Å². The lowest BCUT2D eigenvalue weighted by Gasteiger charge is -2.26. The first-order chi connectivity index (χ1) is 9.97. The van der Waals surface area contributed by atoms with Crippen LogP contribution in [-0.4, -0.2) is 46.2 Å². The second kappa shape index (κ2) is 11.5. The monoisotopic (exact) mass is 301 g/mol. The third kappa shape index (κ3) is 8.05. The molecule has 0 rings (SSSR count). The highest BCUT2D eigenvalue weighted by Crippen LogP contribution is 2.18. The SMILES string of the molecule is CCCCC(CCCCC(C(=O)O)N(CC)CC)C(=O)O. The van der Waals surface area contributed by atoms with Crippen molar-refractivity contribution in [3.8, 4) is 0 Å². The first-order valence-corrected chi connectivity index (χ1v) is 8.17. The van der Waals surface area contributed by atoms with Crippen molar-refractivity contribution in [2.75, 3.05) is 13.1 Å². The molecule has 5 nitrogen and oxygen atoms in total. The Morgan fingerprint density at radius 2 is 1.38 bits per heavy atom. The van der Waals surface area contributed by atoms with Gasteiger partial charge in [-0.2, -0.15) is 0 Å². The van der Waals surface area contributed by atoms with Crippen LogP contribution in [0.1, 0.15) is 65.7 Å². The van der Waals surface area contributed by atoms with Gasteiger partial charge >= 0.3 is 11.9 Å². The lowest BCUT2D eigenvalue weighted by Crippen LogP contribution is -2.40. The number of carbonyl (C=O) groups is 2. The molecule has 0 heterocycles. The van der Waals surface area contributed by atoms with Crippen molar-refractivity contribution >= 4 is 11.9 Å². The normalized spacial score (nSPS) is 14.1. The van der Waals surface area contributed by atoms with Crippen molar-refractivity contribution in [2.45, 2.75) is 71.8 Å². The summed E-state index contributed by atoms with van der Waals surface area (Å²) in [5, 5.41) is 18.4. The molecule has 0 aromatic rings. The van der Waals surface area contributed by atoms with E-state index in [0.717, 1.165) is 45.2 Å². The summed E-state index contributed by atoms with van der Waals surface area (Å²) >= 11 is 0. The fourth-order valence-electron chi connectivity index (χ4n) is 2.70. The summed E-state index contributed by atoms with van der Waals surface area (Å²) in [5.74, 6) is -1.77. The maximum absolute atomic E-state index is 11.3. The Morgan fingerprint density at radius 1 is 0.857 bits per heavy atom. The molecule has 0 amide bonds. The standard InChI is InChI=1S/C16H31NO4/c1-4-7-10-13(15(18)19)11-8-9-12-14(16(20)21)17(5-2)6-3/h13-14H,4-12H2,1-3H3,(H,18,19)(H,20,21). The van der Waals surface area contributed by atoms with Gasteiger partial charge in [-0.25, -0.2) is 0 Å². The average molecular weight is 301 g/mol. The summed E-state index contributed by atoms with van der Waals surface area (Å²) in [6.07, 6.45) is 5.47. The summed E-state index contributed by atoms with van der Waals surface area (Å²) in [7, 11) is 0. The number of hydrogen-bond donors (Lipinski definition) is 2. The van der Waals surface area contributed by atoms with Crippen LogP contribution in [0.2, 0.25) is 0 Å². The van der Waals surface area contributed by atoms with E-state index in [4.69, 9.17) is 5.11 Å². The summed E-state index contributed by atoms with van der Waals surface area (Å²) in [5.41, 5.74) is 0. The van der Waals surface area contributed by atoms with Crippen LogP contribution in [0.5, 0.6) is 0 Å². The van der Waals surface area contributed by atoms with Crippen LogP contribution in [0.3, 0.4) is 0 Å². The minimum absolute atomic E-state index is 0.276. The zero-order valence-electron chi connectivity index (χ0n) is 13.7. The minimum atomic E-state index is -0.778. The molecule has 0 saturated carbocycles. The highest BCUT2D eigenvalue weighted by Gasteiger charge is 2.23. The largest absolute Gasteiger partial charge is 0.481 e. The molecule has 0 spiro atoms. The Hall–Kier alpha value is -1.10.